The second-order valence-electron chi connectivity index (χ2n) is 4.09. The molecule has 0 aromatic carbocycles. The van der Waals surface area contributed by atoms with Gasteiger partial charge in [-0.25, -0.2) is 16.8 Å². The number of aryl methyl sites for hydroxylation is 2. The Morgan fingerprint density at radius 1 is 0.826 bits per heavy atom. The van der Waals surface area contributed by atoms with Gasteiger partial charge in [-0.1, -0.05) is 0 Å². The van der Waals surface area contributed by atoms with Crippen LogP contribution < -0.4 is 59.1 Å². The Morgan fingerprint density at radius 3 is 1.48 bits per heavy atom. The van der Waals surface area contributed by atoms with E-state index in [2.05, 4.69) is 8.37 Å². The minimum atomic E-state index is -4.66. The van der Waals surface area contributed by atoms with Crippen molar-refractivity contribution in [3.8, 4) is 0 Å². The van der Waals surface area contributed by atoms with Gasteiger partial charge in [0.1, 0.15) is 0 Å². The van der Waals surface area contributed by atoms with Crippen molar-refractivity contribution in [2.75, 3.05) is 13.2 Å². The fraction of sp³-hybridized carbons (Fsp3) is 0.600. The Balaban J connectivity index is 0. The maximum Gasteiger partial charge on any atom is 1.00 e. The van der Waals surface area contributed by atoms with Crippen LogP contribution in [-0.4, -0.2) is 39.2 Å². The second kappa shape index (κ2) is 12.7. The molecule has 1 heterocycles. The van der Waals surface area contributed by atoms with Crippen molar-refractivity contribution in [2.24, 2.45) is 0 Å². The van der Waals surface area contributed by atoms with E-state index < -0.39 is 20.8 Å². The van der Waals surface area contributed by atoms with E-state index in [1.54, 1.807) is 0 Å². The zero-order chi connectivity index (χ0) is 15.9. The van der Waals surface area contributed by atoms with Crippen LogP contribution in [0.5, 0.6) is 0 Å². The maximum atomic E-state index is 10.3. The summed E-state index contributed by atoms with van der Waals surface area (Å²) in [5.74, 6) is 0. The molecule has 0 aliphatic rings. The van der Waals surface area contributed by atoms with Gasteiger partial charge in [-0.15, -0.1) is 0 Å². The van der Waals surface area contributed by atoms with Gasteiger partial charge in [0.25, 0.3) is 0 Å². The number of rotatable bonds is 10. The molecule has 0 spiro atoms. The summed E-state index contributed by atoms with van der Waals surface area (Å²) in [5, 5.41) is 3.76. The topological polar surface area (TPSA) is 133 Å². The van der Waals surface area contributed by atoms with E-state index in [-0.39, 0.29) is 72.3 Å². The van der Waals surface area contributed by atoms with Crippen molar-refractivity contribution in [3.05, 3.63) is 21.9 Å². The summed E-state index contributed by atoms with van der Waals surface area (Å²) >= 11 is 1.45. The fourth-order valence-electron chi connectivity index (χ4n) is 1.64. The van der Waals surface area contributed by atoms with Crippen molar-refractivity contribution in [1.29, 1.82) is 0 Å². The van der Waals surface area contributed by atoms with Crippen LogP contribution in [-0.2, 0) is 42.0 Å². The fourth-order valence-corrected chi connectivity index (χ4v) is 3.21. The first-order valence-corrected chi connectivity index (χ1v) is 9.53. The molecule has 1 aromatic heterocycles. The van der Waals surface area contributed by atoms with Crippen LogP contribution >= 0.6 is 11.3 Å². The Morgan fingerprint density at radius 2 is 1.17 bits per heavy atom. The van der Waals surface area contributed by atoms with Gasteiger partial charge in [0.05, 0.1) is 13.2 Å². The second-order valence-corrected chi connectivity index (χ2v) is 6.94. The summed E-state index contributed by atoms with van der Waals surface area (Å²) in [7, 11) is -9.31. The van der Waals surface area contributed by atoms with E-state index in [1.165, 1.54) is 11.3 Å². The summed E-state index contributed by atoms with van der Waals surface area (Å²) in [4.78, 5) is 0. The SMILES string of the molecule is O=S(=O)([O-])OCCCc1cscc1CCCOS(=O)(=O)[O-].[Na+].[Na+]. The van der Waals surface area contributed by atoms with Gasteiger partial charge >= 0.3 is 59.1 Å². The molecule has 0 amide bonds. The smallest absolute Gasteiger partial charge is 0.726 e. The third-order valence-corrected chi connectivity index (χ3v) is 4.22. The van der Waals surface area contributed by atoms with Crippen LogP contribution in [0, 0.1) is 0 Å². The van der Waals surface area contributed by atoms with E-state index >= 15 is 0 Å². The molecule has 13 heteroatoms. The van der Waals surface area contributed by atoms with Crippen LogP contribution in [0.1, 0.15) is 24.0 Å². The molecule has 0 aliphatic heterocycles. The molecule has 0 saturated carbocycles. The summed E-state index contributed by atoms with van der Waals surface area (Å²) in [6.45, 7) is -0.364. The maximum absolute atomic E-state index is 10.3. The molecule has 0 saturated heterocycles. The Kier molecular flexibility index (Phi) is 14.8. The van der Waals surface area contributed by atoms with Crippen LogP contribution in [0.4, 0.5) is 0 Å². The zero-order valence-corrected chi connectivity index (χ0v) is 19.3. The van der Waals surface area contributed by atoms with E-state index in [0.29, 0.717) is 25.7 Å². The van der Waals surface area contributed by atoms with Crippen molar-refractivity contribution in [2.45, 2.75) is 25.7 Å². The first kappa shape index (κ1) is 26.7. The summed E-state index contributed by atoms with van der Waals surface area (Å²) in [6, 6.07) is 0. The monoisotopic (exact) mass is 404 g/mol. The van der Waals surface area contributed by atoms with Gasteiger partial charge in [0.15, 0.2) is 0 Å². The Bertz CT molecular complexity index is 586. The minimum absolute atomic E-state index is 0. The molecular formula is C10H14Na2O8S3. The van der Waals surface area contributed by atoms with E-state index in [0.717, 1.165) is 11.1 Å². The van der Waals surface area contributed by atoms with Crippen LogP contribution in [0.3, 0.4) is 0 Å². The molecular weight excluding hydrogens is 390 g/mol. The Hall–Kier alpha value is 1.44. The Labute approximate surface area is 184 Å². The number of hydrogen-bond donors (Lipinski definition) is 0. The van der Waals surface area contributed by atoms with E-state index in [4.69, 9.17) is 0 Å². The van der Waals surface area contributed by atoms with Crippen LogP contribution in [0.2, 0.25) is 0 Å². The quantitative estimate of drug-likeness (QED) is 0.163. The average molecular weight is 404 g/mol. The number of hydrogen-bond acceptors (Lipinski definition) is 9. The standard InChI is InChI=1S/C10H16O8S3.2Na/c11-20(12,13)17-5-1-3-9-7-19-8-10(9)4-2-6-18-21(14,15)16;;/h7-8H,1-6H2,(H,11,12,13)(H,14,15,16);;/q;2*+1/p-2. The normalized spacial score (nSPS) is 11.6. The van der Waals surface area contributed by atoms with Crippen LogP contribution in [0.15, 0.2) is 10.8 Å². The predicted octanol–water partition coefficient (Wildman–Crippen LogP) is -5.43. The van der Waals surface area contributed by atoms with Gasteiger partial charge in [-0.2, -0.15) is 11.3 Å². The molecule has 1 rings (SSSR count). The van der Waals surface area contributed by atoms with E-state index in [1.807, 2.05) is 10.8 Å². The summed E-state index contributed by atoms with van der Waals surface area (Å²) < 4.78 is 69.7. The molecule has 23 heavy (non-hydrogen) atoms. The van der Waals surface area contributed by atoms with Crippen molar-refractivity contribution in [1.82, 2.24) is 0 Å². The molecule has 122 valence electrons. The summed E-state index contributed by atoms with van der Waals surface area (Å²) in [5.41, 5.74) is 1.94. The predicted molar refractivity (Wildman–Crippen MR) is 72.3 cm³/mol. The molecule has 8 nitrogen and oxygen atoms in total. The van der Waals surface area contributed by atoms with Gasteiger partial charge in [0, 0.05) is 0 Å². The molecule has 1 aromatic rings. The van der Waals surface area contributed by atoms with Gasteiger partial charge in [-0.05, 0) is 47.6 Å². The molecule has 0 atom stereocenters. The zero-order valence-electron chi connectivity index (χ0n) is 12.9. The van der Waals surface area contributed by atoms with E-state index in [9.17, 15) is 25.9 Å². The van der Waals surface area contributed by atoms with Gasteiger partial charge < -0.3 is 9.11 Å². The molecule has 0 bridgehead atoms. The minimum Gasteiger partial charge on any atom is -0.726 e. The first-order chi connectivity index (χ1) is 9.67. The molecule has 0 aliphatic carbocycles. The summed E-state index contributed by atoms with van der Waals surface area (Å²) in [6.07, 6.45) is 1.82. The third kappa shape index (κ3) is 14.3. The first-order valence-electron chi connectivity index (χ1n) is 5.92. The molecule has 0 fully saturated rings. The molecule has 0 unspecified atom stereocenters. The molecule has 0 N–H and O–H groups in total. The largest absolute Gasteiger partial charge is 1.00 e. The van der Waals surface area contributed by atoms with Gasteiger partial charge in [-0.3, -0.25) is 8.37 Å². The van der Waals surface area contributed by atoms with Crippen molar-refractivity contribution < 1.29 is 93.4 Å². The van der Waals surface area contributed by atoms with Gasteiger partial charge in [0.2, 0.25) is 20.8 Å². The van der Waals surface area contributed by atoms with Crippen molar-refractivity contribution in [3.63, 3.8) is 0 Å². The molecule has 0 radical (unpaired) electrons. The number of thiophene rings is 1. The van der Waals surface area contributed by atoms with Crippen molar-refractivity contribution >= 4 is 32.1 Å². The average Bonchev–Trinajstić information content (AvgIpc) is 2.75. The van der Waals surface area contributed by atoms with Crippen LogP contribution in [0.25, 0.3) is 0 Å². The third-order valence-electron chi connectivity index (χ3n) is 2.47.